The number of aliphatic hydroxyl groups is 1. The van der Waals surface area contributed by atoms with E-state index in [4.69, 9.17) is 5.73 Å². The van der Waals surface area contributed by atoms with Gasteiger partial charge in [0.05, 0.1) is 17.1 Å². The van der Waals surface area contributed by atoms with Gasteiger partial charge in [-0.1, -0.05) is 0 Å². The van der Waals surface area contributed by atoms with Crippen LogP contribution < -0.4 is 5.73 Å². The molecule has 0 bridgehead atoms. The number of aromatic hydroxyl groups is 1. The van der Waals surface area contributed by atoms with Crippen molar-refractivity contribution in [2.24, 2.45) is 5.73 Å². The van der Waals surface area contributed by atoms with E-state index in [1.165, 1.54) is 19.1 Å². The first-order valence-corrected chi connectivity index (χ1v) is 4.34. The van der Waals surface area contributed by atoms with Crippen LogP contribution in [-0.4, -0.2) is 21.2 Å². The monoisotopic (exact) mass is 248 g/mol. The average molecular weight is 249 g/mol. The predicted molar refractivity (Wildman–Crippen MR) is 60.6 cm³/mol. The van der Waals surface area contributed by atoms with E-state index in [0.717, 1.165) is 6.07 Å². The molecule has 7 heteroatoms. The Morgan fingerprint density at radius 2 is 2.06 bits per heavy atom. The van der Waals surface area contributed by atoms with Gasteiger partial charge in [-0.2, -0.15) is 0 Å². The van der Waals surface area contributed by atoms with Gasteiger partial charge in [0, 0.05) is 17.7 Å². The number of aliphatic hydroxyl groups excluding tert-OH is 1. The highest BCUT2D eigenvalue weighted by Gasteiger charge is 2.19. The fourth-order valence-electron chi connectivity index (χ4n) is 1.18. The molecule has 0 aliphatic heterocycles. The second-order valence-corrected chi connectivity index (χ2v) is 3.27. The third-order valence-corrected chi connectivity index (χ3v) is 2.10. The molecule has 0 heterocycles. The number of phenolic OH excluding ortho intramolecular Hbond substituents is 1. The van der Waals surface area contributed by atoms with E-state index in [9.17, 15) is 20.3 Å². The fourth-order valence-corrected chi connectivity index (χ4v) is 1.18. The standard InChI is InChI=1S/C9H12N2O4.ClH/c1-5(12)9(10)7-4-6(11(14)15)2-3-8(7)13;/h2-5,9,12-13H,10H2,1H3;1H/t5-,9-;/m0./s1. The summed E-state index contributed by atoms with van der Waals surface area (Å²) in [5.74, 6) is -0.158. The van der Waals surface area contributed by atoms with Crippen LogP contribution in [0.5, 0.6) is 5.75 Å². The van der Waals surface area contributed by atoms with Crippen LogP contribution in [0.1, 0.15) is 18.5 Å². The van der Waals surface area contributed by atoms with Crippen LogP contribution in [0.25, 0.3) is 0 Å². The van der Waals surface area contributed by atoms with Crippen LogP contribution in [0.4, 0.5) is 5.69 Å². The molecule has 0 amide bonds. The molecule has 4 N–H and O–H groups in total. The highest BCUT2D eigenvalue weighted by Crippen LogP contribution is 2.28. The molecule has 2 atom stereocenters. The summed E-state index contributed by atoms with van der Waals surface area (Å²) in [6.07, 6.45) is -0.891. The lowest BCUT2D eigenvalue weighted by molar-refractivity contribution is -0.385. The fraction of sp³-hybridized carbons (Fsp3) is 0.333. The number of nitrogens with zero attached hydrogens (tertiary/aromatic N) is 1. The minimum atomic E-state index is -0.891. The maximum atomic E-state index is 10.5. The van der Waals surface area contributed by atoms with Gasteiger partial charge in [0.2, 0.25) is 0 Å². The first-order valence-electron chi connectivity index (χ1n) is 4.34. The van der Waals surface area contributed by atoms with Crippen molar-refractivity contribution >= 4 is 18.1 Å². The molecule has 0 aromatic heterocycles. The van der Waals surface area contributed by atoms with Crippen LogP contribution in [0, 0.1) is 10.1 Å². The number of phenols is 1. The third kappa shape index (κ3) is 3.06. The molecular weight excluding hydrogens is 236 g/mol. The smallest absolute Gasteiger partial charge is 0.270 e. The Morgan fingerprint density at radius 1 is 1.50 bits per heavy atom. The molecule has 0 aliphatic carbocycles. The van der Waals surface area contributed by atoms with E-state index in [-0.39, 0.29) is 29.4 Å². The predicted octanol–water partition coefficient (Wildman–Crippen LogP) is 1.10. The molecule has 6 nitrogen and oxygen atoms in total. The summed E-state index contributed by atoms with van der Waals surface area (Å²) in [6, 6.07) is 2.68. The maximum Gasteiger partial charge on any atom is 0.270 e. The highest BCUT2D eigenvalue weighted by molar-refractivity contribution is 5.85. The van der Waals surface area contributed by atoms with Crippen molar-refractivity contribution in [3.8, 4) is 5.75 Å². The van der Waals surface area contributed by atoms with Crippen molar-refractivity contribution < 1.29 is 15.1 Å². The summed E-state index contributed by atoms with van der Waals surface area (Å²) < 4.78 is 0. The number of benzene rings is 1. The lowest BCUT2D eigenvalue weighted by Gasteiger charge is -2.15. The SMILES string of the molecule is C[C@H](O)[C@H](N)c1cc([N+](=O)[O-])ccc1O.Cl. The van der Waals surface area contributed by atoms with Gasteiger partial charge < -0.3 is 15.9 Å². The number of nitrogens with two attached hydrogens (primary N) is 1. The Morgan fingerprint density at radius 3 is 2.50 bits per heavy atom. The van der Waals surface area contributed by atoms with Crippen molar-refractivity contribution in [3.63, 3.8) is 0 Å². The van der Waals surface area contributed by atoms with Crippen LogP contribution in [0.3, 0.4) is 0 Å². The molecule has 1 aromatic rings. The Labute approximate surface area is 98.3 Å². The van der Waals surface area contributed by atoms with E-state index >= 15 is 0 Å². The number of halogens is 1. The van der Waals surface area contributed by atoms with Gasteiger partial charge in [0.1, 0.15) is 5.75 Å². The number of hydrogen-bond donors (Lipinski definition) is 3. The summed E-state index contributed by atoms with van der Waals surface area (Å²) in [6.45, 7) is 1.45. The molecule has 0 radical (unpaired) electrons. The average Bonchev–Trinajstić information content (AvgIpc) is 2.16. The van der Waals surface area contributed by atoms with Gasteiger partial charge in [-0.15, -0.1) is 12.4 Å². The molecule has 0 aliphatic rings. The Hall–Kier alpha value is -1.37. The van der Waals surface area contributed by atoms with Crippen molar-refractivity contribution in [2.45, 2.75) is 19.1 Å². The number of non-ortho nitro benzene ring substituents is 1. The van der Waals surface area contributed by atoms with E-state index in [0.29, 0.717) is 0 Å². The minimum absolute atomic E-state index is 0. The molecule has 0 saturated heterocycles. The molecule has 0 saturated carbocycles. The van der Waals surface area contributed by atoms with E-state index in [1.54, 1.807) is 0 Å². The summed E-state index contributed by atoms with van der Waals surface area (Å²) in [5, 5.41) is 29.1. The van der Waals surface area contributed by atoms with Crippen molar-refractivity contribution in [3.05, 3.63) is 33.9 Å². The van der Waals surface area contributed by atoms with Crippen LogP contribution in [-0.2, 0) is 0 Å². The second kappa shape index (κ2) is 5.64. The zero-order valence-corrected chi connectivity index (χ0v) is 9.35. The van der Waals surface area contributed by atoms with E-state index in [2.05, 4.69) is 0 Å². The first kappa shape index (κ1) is 14.6. The van der Waals surface area contributed by atoms with Crippen LogP contribution >= 0.6 is 12.4 Å². The number of nitro groups is 1. The molecule has 0 unspecified atom stereocenters. The lowest BCUT2D eigenvalue weighted by atomic mass is 10.0. The molecule has 16 heavy (non-hydrogen) atoms. The molecule has 0 fully saturated rings. The lowest BCUT2D eigenvalue weighted by Crippen LogP contribution is -2.23. The van der Waals surface area contributed by atoms with E-state index in [1.807, 2.05) is 0 Å². The topological polar surface area (TPSA) is 110 Å². The zero-order chi connectivity index (χ0) is 11.6. The van der Waals surface area contributed by atoms with Crippen LogP contribution in [0.2, 0.25) is 0 Å². The van der Waals surface area contributed by atoms with Gasteiger partial charge >= 0.3 is 0 Å². The van der Waals surface area contributed by atoms with Gasteiger partial charge in [0.25, 0.3) is 5.69 Å². The summed E-state index contributed by atoms with van der Waals surface area (Å²) >= 11 is 0. The third-order valence-electron chi connectivity index (χ3n) is 2.10. The first-order chi connectivity index (χ1) is 6.93. The van der Waals surface area contributed by atoms with Gasteiger partial charge in [0.15, 0.2) is 0 Å². The minimum Gasteiger partial charge on any atom is -0.508 e. The summed E-state index contributed by atoms with van der Waals surface area (Å²) in [4.78, 5) is 9.89. The second-order valence-electron chi connectivity index (χ2n) is 3.27. The molecule has 1 rings (SSSR count). The Balaban J connectivity index is 0.00000225. The summed E-state index contributed by atoms with van der Waals surface area (Å²) in [5.41, 5.74) is 5.57. The molecule has 1 aromatic carbocycles. The summed E-state index contributed by atoms with van der Waals surface area (Å²) in [7, 11) is 0. The van der Waals surface area contributed by atoms with Gasteiger partial charge in [-0.3, -0.25) is 10.1 Å². The van der Waals surface area contributed by atoms with Crippen molar-refractivity contribution in [2.75, 3.05) is 0 Å². The number of nitro benzene ring substituents is 1. The largest absolute Gasteiger partial charge is 0.508 e. The molecule has 0 spiro atoms. The van der Waals surface area contributed by atoms with Crippen molar-refractivity contribution in [1.82, 2.24) is 0 Å². The zero-order valence-electron chi connectivity index (χ0n) is 8.53. The molecule has 90 valence electrons. The normalized spacial score (nSPS) is 13.7. The van der Waals surface area contributed by atoms with Gasteiger partial charge in [-0.05, 0) is 13.0 Å². The quantitative estimate of drug-likeness (QED) is 0.548. The molecular formula is C9H13ClN2O4. The number of hydrogen-bond acceptors (Lipinski definition) is 5. The number of rotatable bonds is 3. The van der Waals surface area contributed by atoms with Crippen molar-refractivity contribution in [1.29, 1.82) is 0 Å². The van der Waals surface area contributed by atoms with E-state index < -0.39 is 17.1 Å². The maximum absolute atomic E-state index is 10.5. The Bertz CT molecular complexity index is 384. The highest BCUT2D eigenvalue weighted by atomic mass is 35.5. The van der Waals surface area contributed by atoms with Crippen LogP contribution in [0.15, 0.2) is 18.2 Å². The Kier molecular flexibility index (Phi) is 5.16. The van der Waals surface area contributed by atoms with Gasteiger partial charge in [-0.25, -0.2) is 0 Å².